The Morgan fingerprint density at radius 1 is 0.970 bits per heavy atom. The van der Waals surface area contributed by atoms with E-state index in [1.807, 2.05) is 29.2 Å². The zero-order valence-corrected chi connectivity index (χ0v) is 19.7. The molecule has 1 saturated carbocycles. The minimum Gasteiger partial charge on any atom is -0.493 e. The van der Waals surface area contributed by atoms with E-state index in [1.165, 1.54) is 0 Å². The van der Waals surface area contributed by atoms with Crippen LogP contribution in [-0.2, 0) is 11.3 Å². The third-order valence-electron chi connectivity index (χ3n) is 6.40. The Kier molecular flexibility index (Phi) is 7.60. The van der Waals surface area contributed by atoms with Crippen molar-refractivity contribution in [1.82, 2.24) is 4.90 Å². The summed E-state index contributed by atoms with van der Waals surface area (Å²) in [5, 5.41) is 0. The summed E-state index contributed by atoms with van der Waals surface area (Å²) in [7, 11) is 4.67. The second-order valence-electron chi connectivity index (χ2n) is 8.53. The Bertz CT molecular complexity index is 907. The van der Waals surface area contributed by atoms with Crippen LogP contribution >= 0.6 is 0 Å². The quantitative estimate of drug-likeness (QED) is 0.556. The molecule has 7 nitrogen and oxygen atoms in total. The van der Waals surface area contributed by atoms with E-state index in [-0.39, 0.29) is 18.1 Å². The molecule has 1 unspecified atom stereocenters. The fourth-order valence-electron chi connectivity index (χ4n) is 4.62. The number of benzene rings is 2. The molecule has 1 aliphatic carbocycles. The number of hydrogen-bond acceptors (Lipinski definition) is 6. The lowest BCUT2D eigenvalue weighted by molar-refractivity contribution is 0.0663. The summed E-state index contributed by atoms with van der Waals surface area (Å²) in [6.45, 7) is 1.93. The predicted molar refractivity (Wildman–Crippen MR) is 125 cm³/mol. The van der Waals surface area contributed by atoms with E-state index in [0.29, 0.717) is 36.0 Å². The van der Waals surface area contributed by atoms with Crippen molar-refractivity contribution in [2.75, 3.05) is 34.5 Å². The van der Waals surface area contributed by atoms with Crippen molar-refractivity contribution >= 4 is 5.91 Å². The van der Waals surface area contributed by atoms with Gasteiger partial charge in [0.1, 0.15) is 11.9 Å². The average Bonchev–Trinajstić information content (AvgIpc) is 3.57. The van der Waals surface area contributed by atoms with Gasteiger partial charge in [-0.15, -0.1) is 0 Å². The van der Waals surface area contributed by atoms with Gasteiger partial charge in [0, 0.05) is 24.6 Å². The highest BCUT2D eigenvalue weighted by atomic mass is 16.5. The van der Waals surface area contributed by atoms with Crippen molar-refractivity contribution in [3.8, 4) is 23.0 Å². The molecule has 2 aromatic rings. The number of nitrogens with zero attached hydrogens (tertiary/aromatic N) is 1. The first-order valence-corrected chi connectivity index (χ1v) is 11.6. The Hall–Kier alpha value is -2.93. The molecule has 4 rings (SSSR count). The summed E-state index contributed by atoms with van der Waals surface area (Å²) in [6, 6.07) is 11.7. The molecule has 1 amide bonds. The highest BCUT2D eigenvalue weighted by Gasteiger charge is 2.29. The summed E-state index contributed by atoms with van der Waals surface area (Å²) in [4.78, 5) is 15.7. The summed E-state index contributed by atoms with van der Waals surface area (Å²) < 4.78 is 27.7. The van der Waals surface area contributed by atoms with E-state index in [0.717, 1.165) is 50.0 Å². The second kappa shape index (κ2) is 10.8. The van der Waals surface area contributed by atoms with Crippen LogP contribution in [0.2, 0.25) is 0 Å². The molecule has 1 aliphatic heterocycles. The van der Waals surface area contributed by atoms with Gasteiger partial charge in [0.2, 0.25) is 5.75 Å². The molecule has 0 spiro atoms. The minimum absolute atomic E-state index is 0.0374. The summed E-state index contributed by atoms with van der Waals surface area (Å²) in [5.74, 6) is 2.22. The molecule has 0 bridgehead atoms. The first-order valence-electron chi connectivity index (χ1n) is 11.6. The van der Waals surface area contributed by atoms with Gasteiger partial charge in [-0.25, -0.2) is 0 Å². The zero-order chi connectivity index (χ0) is 23.2. The second-order valence-corrected chi connectivity index (χ2v) is 8.53. The average molecular weight is 456 g/mol. The molecular weight excluding hydrogens is 422 g/mol. The third-order valence-corrected chi connectivity index (χ3v) is 6.40. The van der Waals surface area contributed by atoms with E-state index in [9.17, 15) is 4.79 Å². The monoisotopic (exact) mass is 455 g/mol. The highest BCUT2D eigenvalue weighted by Crippen LogP contribution is 2.39. The van der Waals surface area contributed by atoms with Crippen LogP contribution in [0.5, 0.6) is 23.0 Å². The molecule has 1 saturated heterocycles. The van der Waals surface area contributed by atoms with E-state index in [1.54, 1.807) is 33.5 Å². The van der Waals surface area contributed by atoms with E-state index < -0.39 is 0 Å². The van der Waals surface area contributed by atoms with Crippen LogP contribution in [0.3, 0.4) is 0 Å². The lowest BCUT2D eigenvalue weighted by Crippen LogP contribution is -2.38. The van der Waals surface area contributed by atoms with Crippen molar-refractivity contribution < 1.29 is 28.5 Å². The molecule has 1 atom stereocenters. The fourth-order valence-corrected chi connectivity index (χ4v) is 4.62. The van der Waals surface area contributed by atoms with Crippen molar-refractivity contribution in [1.29, 1.82) is 0 Å². The first kappa shape index (κ1) is 23.2. The molecule has 178 valence electrons. The molecule has 2 aromatic carbocycles. The van der Waals surface area contributed by atoms with Crippen LogP contribution in [0.4, 0.5) is 0 Å². The number of carbonyl (C=O) groups is 1. The predicted octanol–water partition coefficient (Wildman–Crippen LogP) is 4.47. The number of ether oxygens (including phenoxy) is 5. The molecule has 2 fully saturated rings. The van der Waals surface area contributed by atoms with Gasteiger partial charge in [-0.2, -0.15) is 0 Å². The van der Waals surface area contributed by atoms with Crippen LogP contribution in [0, 0.1) is 0 Å². The standard InChI is InChI=1S/C26H33NO6/c1-29-23-14-19(15-24(30-2)25(23)31-3)26(28)27(20-6-4-5-7-20)16-18-8-10-21(11-9-18)33-22-12-13-32-17-22/h8-11,14-15,20,22H,4-7,12-13,16-17H2,1-3H3. The summed E-state index contributed by atoms with van der Waals surface area (Å²) in [5.41, 5.74) is 1.59. The number of hydrogen-bond donors (Lipinski definition) is 0. The number of amides is 1. The molecule has 0 N–H and O–H groups in total. The third kappa shape index (κ3) is 5.36. The van der Waals surface area contributed by atoms with Crippen molar-refractivity contribution in [2.45, 2.75) is 50.8 Å². The Balaban J connectivity index is 1.55. The van der Waals surface area contributed by atoms with E-state index in [2.05, 4.69) is 0 Å². The van der Waals surface area contributed by atoms with Gasteiger partial charge in [0.15, 0.2) is 11.5 Å². The zero-order valence-electron chi connectivity index (χ0n) is 19.7. The molecular formula is C26H33NO6. The van der Waals surface area contributed by atoms with Crippen LogP contribution < -0.4 is 18.9 Å². The van der Waals surface area contributed by atoms with Crippen molar-refractivity contribution in [2.24, 2.45) is 0 Å². The minimum atomic E-state index is -0.0374. The normalized spacial score (nSPS) is 18.2. The van der Waals surface area contributed by atoms with Crippen molar-refractivity contribution in [3.63, 3.8) is 0 Å². The Morgan fingerprint density at radius 2 is 1.64 bits per heavy atom. The van der Waals surface area contributed by atoms with Gasteiger partial charge in [-0.1, -0.05) is 25.0 Å². The molecule has 7 heteroatoms. The van der Waals surface area contributed by atoms with Gasteiger partial charge in [0.25, 0.3) is 5.91 Å². The van der Waals surface area contributed by atoms with Crippen LogP contribution in [0.15, 0.2) is 36.4 Å². The first-order chi connectivity index (χ1) is 16.1. The summed E-state index contributed by atoms with van der Waals surface area (Å²) >= 11 is 0. The Morgan fingerprint density at radius 3 is 2.18 bits per heavy atom. The SMILES string of the molecule is COc1cc(C(=O)N(Cc2ccc(OC3CCOC3)cc2)C2CCCC2)cc(OC)c1OC. The molecule has 0 aromatic heterocycles. The number of methoxy groups -OCH3 is 3. The van der Waals surface area contributed by atoms with E-state index in [4.69, 9.17) is 23.7 Å². The largest absolute Gasteiger partial charge is 0.493 e. The van der Waals surface area contributed by atoms with Gasteiger partial charge in [-0.3, -0.25) is 4.79 Å². The smallest absolute Gasteiger partial charge is 0.254 e. The van der Waals surface area contributed by atoms with Crippen molar-refractivity contribution in [3.05, 3.63) is 47.5 Å². The lowest BCUT2D eigenvalue weighted by atomic mass is 10.1. The number of carbonyl (C=O) groups excluding carboxylic acids is 1. The highest BCUT2D eigenvalue weighted by molar-refractivity contribution is 5.96. The van der Waals surface area contributed by atoms with Gasteiger partial charge >= 0.3 is 0 Å². The van der Waals surface area contributed by atoms with Gasteiger partial charge in [-0.05, 0) is 42.7 Å². The fraction of sp³-hybridized carbons (Fsp3) is 0.500. The topological polar surface area (TPSA) is 66.5 Å². The van der Waals surface area contributed by atoms with Crippen LogP contribution in [0.1, 0.15) is 48.0 Å². The van der Waals surface area contributed by atoms with E-state index >= 15 is 0 Å². The molecule has 0 radical (unpaired) electrons. The van der Waals surface area contributed by atoms with Gasteiger partial charge < -0.3 is 28.6 Å². The van der Waals surface area contributed by atoms with Crippen LogP contribution in [0.25, 0.3) is 0 Å². The molecule has 2 aliphatic rings. The maximum Gasteiger partial charge on any atom is 0.254 e. The van der Waals surface area contributed by atoms with Gasteiger partial charge in [0.05, 0.1) is 34.5 Å². The summed E-state index contributed by atoms with van der Waals surface area (Å²) in [6.07, 6.45) is 5.34. The molecule has 33 heavy (non-hydrogen) atoms. The molecule has 1 heterocycles. The maximum absolute atomic E-state index is 13.7. The Labute approximate surface area is 195 Å². The van der Waals surface area contributed by atoms with Crippen LogP contribution in [-0.4, -0.2) is 57.5 Å². The maximum atomic E-state index is 13.7. The number of rotatable bonds is 9. The lowest BCUT2D eigenvalue weighted by Gasteiger charge is -2.30.